The van der Waals surface area contributed by atoms with Crippen molar-refractivity contribution < 1.29 is 22.4 Å². The minimum Gasteiger partial charge on any atom is -0.337 e. The van der Waals surface area contributed by atoms with E-state index in [0.717, 1.165) is 18.6 Å². The maximum absolute atomic E-state index is 13.9. The second kappa shape index (κ2) is 5.40. The average Bonchev–Trinajstić information content (AvgIpc) is 2.37. The second-order valence-corrected chi connectivity index (χ2v) is 4.82. The van der Waals surface area contributed by atoms with Gasteiger partial charge in [-0.1, -0.05) is 6.07 Å². The number of halogens is 4. The van der Waals surface area contributed by atoms with Crippen molar-refractivity contribution in [3.05, 3.63) is 35.1 Å². The normalized spacial score (nSPS) is 20.1. The molecule has 20 heavy (non-hydrogen) atoms. The van der Waals surface area contributed by atoms with Gasteiger partial charge >= 0.3 is 6.18 Å². The van der Waals surface area contributed by atoms with E-state index in [1.807, 2.05) is 0 Å². The molecule has 1 aliphatic rings. The lowest BCUT2D eigenvalue weighted by Crippen LogP contribution is -2.46. The molecule has 1 saturated heterocycles. The quantitative estimate of drug-likeness (QED) is 0.807. The van der Waals surface area contributed by atoms with Gasteiger partial charge in [-0.15, -0.1) is 0 Å². The minimum absolute atomic E-state index is 0.221. The zero-order valence-electron chi connectivity index (χ0n) is 10.6. The van der Waals surface area contributed by atoms with Gasteiger partial charge in [0.05, 0.1) is 11.1 Å². The first-order chi connectivity index (χ1) is 9.30. The summed E-state index contributed by atoms with van der Waals surface area (Å²) in [4.78, 5) is 13.4. The number of nitrogens with zero attached hydrogens (tertiary/aromatic N) is 1. The summed E-state index contributed by atoms with van der Waals surface area (Å²) in [6.45, 7) is 0.608. The van der Waals surface area contributed by atoms with Gasteiger partial charge in [0.2, 0.25) is 0 Å². The summed E-state index contributed by atoms with van der Waals surface area (Å²) < 4.78 is 51.7. The van der Waals surface area contributed by atoms with E-state index in [4.69, 9.17) is 5.73 Å². The van der Waals surface area contributed by atoms with Gasteiger partial charge in [0.1, 0.15) is 5.82 Å². The molecule has 0 aromatic heterocycles. The number of hydrogen-bond donors (Lipinski definition) is 1. The van der Waals surface area contributed by atoms with Crippen molar-refractivity contribution >= 4 is 5.91 Å². The van der Waals surface area contributed by atoms with Crippen molar-refractivity contribution in [1.82, 2.24) is 4.90 Å². The smallest absolute Gasteiger partial charge is 0.337 e. The Labute approximate surface area is 113 Å². The fourth-order valence-electron chi connectivity index (χ4n) is 2.28. The van der Waals surface area contributed by atoms with Crippen LogP contribution < -0.4 is 5.73 Å². The highest BCUT2D eigenvalue weighted by atomic mass is 19.4. The number of amides is 1. The fourth-order valence-corrected chi connectivity index (χ4v) is 2.28. The molecule has 1 fully saturated rings. The summed E-state index contributed by atoms with van der Waals surface area (Å²) >= 11 is 0. The van der Waals surface area contributed by atoms with Crippen LogP contribution in [0.15, 0.2) is 18.2 Å². The summed E-state index contributed by atoms with van der Waals surface area (Å²) in [5.41, 5.74) is 3.72. The first-order valence-corrected chi connectivity index (χ1v) is 6.21. The molecule has 0 saturated carbocycles. The molecule has 0 radical (unpaired) electrons. The summed E-state index contributed by atoms with van der Waals surface area (Å²) in [5, 5.41) is 0. The molecular formula is C13H14F4N2O. The van der Waals surface area contributed by atoms with Crippen LogP contribution in [0.5, 0.6) is 0 Å². The lowest BCUT2D eigenvalue weighted by Gasteiger charge is -2.31. The van der Waals surface area contributed by atoms with E-state index in [-0.39, 0.29) is 12.6 Å². The van der Waals surface area contributed by atoms with Gasteiger partial charge in [-0.2, -0.15) is 13.2 Å². The lowest BCUT2D eigenvalue weighted by molar-refractivity contribution is -0.140. The van der Waals surface area contributed by atoms with E-state index in [1.54, 1.807) is 0 Å². The topological polar surface area (TPSA) is 46.3 Å². The number of rotatable bonds is 1. The number of nitrogens with two attached hydrogens (primary N) is 1. The van der Waals surface area contributed by atoms with Crippen molar-refractivity contribution in [3.63, 3.8) is 0 Å². The summed E-state index contributed by atoms with van der Waals surface area (Å²) in [6.07, 6.45) is -3.42. The maximum atomic E-state index is 13.9. The number of likely N-dealkylation sites (tertiary alicyclic amines) is 1. The SMILES string of the molecule is NC1CCCN(C(=O)c2cccc(C(F)(F)F)c2F)C1. The van der Waals surface area contributed by atoms with Gasteiger partial charge in [0.25, 0.3) is 5.91 Å². The van der Waals surface area contributed by atoms with Crippen molar-refractivity contribution in [1.29, 1.82) is 0 Å². The predicted octanol–water partition coefficient (Wildman–Crippen LogP) is 2.41. The Balaban J connectivity index is 2.31. The number of piperidine rings is 1. The van der Waals surface area contributed by atoms with Crippen LogP contribution >= 0.6 is 0 Å². The number of benzene rings is 1. The third-order valence-electron chi connectivity index (χ3n) is 3.28. The van der Waals surface area contributed by atoms with Crippen LogP contribution in [-0.4, -0.2) is 29.9 Å². The van der Waals surface area contributed by atoms with E-state index in [0.29, 0.717) is 19.0 Å². The Morgan fingerprint density at radius 1 is 1.35 bits per heavy atom. The Hall–Kier alpha value is -1.63. The molecule has 1 heterocycles. The molecule has 1 aliphatic heterocycles. The highest BCUT2D eigenvalue weighted by Crippen LogP contribution is 2.32. The number of alkyl halides is 3. The molecule has 3 nitrogen and oxygen atoms in total. The summed E-state index contributed by atoms with van der Waals surface area (Å²) in [5.74, 6) is -2.27. The third-order valence-corrected chi connectivity index (χ3v) is 3.28. The summed E-state index contributed by atoms with van der Waals surface area (Å²) in [7, 11) is 0. The first-order valence-electron chi connectivity index (χ1n) is 6.21. The van der Waals surface area contributed by atoms with Crippen molar-refractivity contribution in [2.24, 2.45) is 5.73 Å². The van der Waals surface area contributed by atoms with Gasteiger partial charge < -0.3 is 10.6 Å². The van der Waals surface area contributed by atoms with Crippen LogP contribution in [0.4, 0.5) is 17.6 Å². The largest absolute Gasteiger partial charge is 0.419 e. The Morgan fingerprint density at radius 2 is 2.05 bits per heavy atom. The molecule has 1 amide bonds. The van der Waals surface area contributed by atoms with Crippen LogP contribution in [0.3, 0.4) is 0 Å². The Kier molecular flexibility index (Phi) is 3.99. The maximum Gasteiger partial charge on any atom is 0.419 e. The van der Waals surface area contributed by atoms with Crippen LogP contribution in [0.2, 0.25) is 0 Å². The van der Waals surface area contributed by atoms with Gasteiger partial charge in [-0.05, 0) is 25.0 Å². The van der Waals surface area contributed by atoms with Gasteiger partial charge in [-0.25, -0.2) is 4.39 Å². The monoisotopic (exact) mass is 290 g/mol. The van der Waals surface area contributed by atoms with E-state index in [2.05, 4.69) is 0 Å². The van der Waals surface area contributed by atoms with Crippen molar-refractivity contribution in [2.75, 3.05) is 13.1 Å². The molecular weight excluding hydrogens is 276 g/mol. The van der Waals surface area contributed by atoms with E-state index < -0.39 is 29.0 Å². The van der Waals surface area contributed by atoms with Gasteiger partial charge in [0, 0.05) is 19.1 Å². The number of carbonyl (C=O) groups excluding carboxylic acids is 1. The zero-order valence-corrected chi connectivity index (χ0v) is 10.6. The molecule has 0 bridgehead atoms. The molecule has 110 valence electrons. The van der Waals surface area contributed by atoms with Crippen LogP contribution in [0, 0.1) is 5.82 Å². The molecule has 2 N–H and O–H groups in total. The van der Waals surface area contributed by atoms with Crippen LogP contribution in [0.1, 0.15) is 28.8 Å². The Morgan fingerprint density at radius 3 is 2.65 bits per heavy atom. The molecule has 0 spiro atoms. The molecule has 1 atom stereocenters. The van der Waals surface area contributed by atoms with Crippen LogP contribution in [0.25, 0.3) is 0 Å². The summed E-state index contributed by atoms with van der Waals surface area (Å²) in [6, 6.07) is 2.49. The average molecular weight is 290 g/mol. The minimum atomic E-state index is -4.82. The van der Waals surface area contributed by atoms with E-state index in [1.165, 1.54) is 4.90 Å². The van der Waals surface area contributed by atoms with Gasteiger partial charge in [0.15, 0.2) is 0 Å². The second-order valence-electron chi connectivity index (χ2n) is 4.82. The molecule has 1 aromatic rings. The molecule has 1 unspecified atom stereocenters. The highest BCUT2D eigenvalue weighted by Gasteiger charge is 2.36. The first kappa shape index (κ1) is 14.8. The molecule has 2 rings (SSSR count). The highest BCUT2D eigenvalue weighted by molar-refractivity contribution is 5.94. The lowest BCUT2D eigenvalue weighted by atomic mass is 10.0. The number of carbonyl (C=O) groups is 1. The molecule has 7 heteroatoms. The molecule has 1 aromatic carbocycles. The predicted molar refractivity (Wildman–Crippen MR) is 64.5 cm³/mol. The van der Waals surface area contributed by atoms with Crippen molar-refractivity contribution in [2.45, 2.75) is 25.1 Å². The van der Waals surface area contributed by atoms with Crippen molar-refractivity contribution in [3.8, 4) is 0 Å². The van der Waals surface area contributed by atoms with E-state index >= 15 is 0 Å². The van der Waals surface area contributed by atoms with Gasteiger partial charge in [-0.3, -0.25) is 4.79 Å². The molecule has 0 aliphatic carbocycles. The van der Waals surface area contributed by atoms with E-state index in [9.17, 15) is 22.4 Å². The third kappa shape index (κ3) is 2.92. The van der Waals surface area contributed by atoms with Crippen LogP contribution in [-0.2, 0) is 6.18 Å². The number of hydrogen-bond acceptors (Lipinski definition) is 2. The Bertz CT molecular complexity index is 516. The zero-order chi connectivity index (χ0) is 14.9. The fraction of sp³-hybridized carbons (Fsp3) is 0.462. The standard InChI is InChI=1S/C13H14F4N2O/c14-11-9(4-1-5-10(11)13(15,16)17)12(20)19-6-2-3-8(18)7-19/h1,4-5,8H,2-3,6-7,18H2.